The number of rotatable bonds is 20. The lowest BCUT2D eigenvalue weighted by molar-refractivity contribution is -0.0876. The summed E-state index contributed by atoms with van der Waals surface area (Å²) in [5.41, 5.74) is -14.5. The van der Waals surface area contributed by atoms with Crippen molar-refractivity contribution in [2.75, 3.05) is 26.4 Å². The van der Waals surface area contributed by atoms with Gasteiger partial charge in [0.15, 0.2) is 8.32 Å². The van der Waals surface area contributed by atoms with E-state index < -0.39 is 157 Å². The normalized spacial score (nSPS) is 15.9. The van der Waals surface area contributed by atoms with Crippen LogP contribution >= 0.6 is 0 Å². The van der Waals surface area contributed by atoms with Gasteiger partial charge in [0.25, 0.3) is 23.7 Å². The largest absolute Gasteiger partial charge is 0.523 e. The second kappa shape index (κ2) is 34.1. The molecule has 2 N–H and O–H groups in total. The Labute approximate surface area is 582 Å². The predicted molar refractivity (Wildman–Crippen MR) is 347 cm³/mol. The van der Waals surface area contributed by atoms with Crippen LogP contribution in [0, 0.1) is 40.4 Å². The average Bonchev–Trinajstić information content (AvgIpc) is 1.51. The first-order valence-electron chi connectivity index (χ1n) is 30.9. The third-order valence-corrected chi connectivity index (χ3v) is 22.3. The van der Waals surface area contributed by atoms with Gasteiger partial charge in [-0.25, -0.2) is 106 Å². The fourth-order valence-corrected chi connectivity index (χ4v) is 10.8. The van der Waals surface area contributed by atoms with E-state index in [9.17, 15) is 109 Å². The minimum atomic E-state index is -6.22. The van der Waals surface area contributed by atoms with E-state index in [1.54, 1.807) is 37.1 Å². The molecule has 2 aliphatic rings. The maximum Gasteiger partial charge on any atom is 0.523 e. The van der Waals surface area contributed by atoms with Crippen molar-refractivity contribution in [2.24, 2.45) is 35.2 Å². The summed E-state index contributed by atoms with van der Waals surface area (Å²) in [4.78, 5) is 136. The van der Waals surface area contributed by atoms with Gasteiger partial charge in [0, 0.05) is 52.9 Å². The molecular formula is C58H80F12N16O16SSi. The summed E-state index contributed by atoms with van der Waals surface area (Å²) in [6, 6.07) is 6.29. The Morgan fingerprint density at radius 1 is 0.529 bits per heavy atom. The van der Waals surface area contributed by atoms with Gasteiger partial charge in [-0.2, -0.15) is 46.5 Å². The summed E-state index contributed by atoms with van der Waals surface area (Å²) in [6.07, 6.45) is 2.64. The average molecular weight is 1550 g/mol. The van der Waals surface area contributed by atoms with Gasteiger partial charge in [-0.3, -0.25) is 36.9 Å². The van der Waals surface area contributed by atoms with Crippen LogP contribution in [0.5, 0.6) is 0 Å². The van der Waals surface area contributed by atoms with Gasteiger partial charge < -0.3 is 14.3 Å². The maximum absolute atomic E-state index is 14.9. The van der Waals surface area contributed by atoms with Gasteiger partial charge >= 0.3 is 72.5 Å². The van der Waals surface area contributed by atoms with Crippen LogP contribution in [0.3, 0.4) is 0 Å². The van der Waals surface area contributed by atoms with Crippen molar-refractivity contribution >= 4 is 18.4 Å². The fourth-order valence-electron chi connectivity index (χ4n) is 9.37. The number of benzene rings is 1. The number of fused-ring (bicyclic) bond motifs is 2. The van der Waals surface area contributed by atoms with Crippen molar-refractivity contribution in [3.05, 3.63) is 170 Å². The first-order valence-corrected chi connectivity index (χ1v) is 35.3. The minimum Gasteiger partial charge on any atom is -0.411 e. The van der Waals surface area contributed by atoms with Crippen molar-refractivity contribution in [3.8, 4) is 0 Å². The number of hydrogen-bond donors (Lipinski definition) is 2. The SMILES string of the molecule is Cc1nc(=O)[nH]c(=O)n1C.Cc1nc(=O)n(CC(F)(F)CN2C3CCC2CC(OCc2ccccc2F)C3)c(=O)n1C.Cc1nc(=O)n(CC(F)(F)CO)c(=O)n1C.Cc1nc(=O)n(CC(F)(F)COS(=O)(=O)C(F)(F)F)c(=O)n1C.Cc1nc(=O)n(CC(F)(F)CO[Si](C)(C)C(C)(C)C)c(=O)n1C. The molecule has 7 heterocycles. The zero-order valence-electron chi connectivity index (χ0n) is 59.0. The smallest absolute Gasteiger partial charge is 0.411 e. The van der Waals surface area contributed by atoms with E-state index in [-0.39, 0.29) is 63.5 Å². The van der Waals surface area contributed by atoms with Crippen molar-refractivity contribution in [3.63, 3.8) is 0 Å². The van der Waals surface area contributed by atoms with Crippen LogP contribution in [-0.4, -0.2) is 172 Å². The Bertz CT molecular complexity index is 4800. The van der Waals surface area contributed by atoms with Crippen LogP contribution in [0.1, 0.15) is 81.1 Å². The number of aromatic amines is 1. The molecule has 5 aromatic heterocycles. The number of halogens is 12. The molecule has 6 aromatic rings. The van der Waals surface area contributed by atoms with Crippen LogP contribution in [-0.2, 0) is 91.5 Å². The molecule has 2 bridgehead atoms. The molecule has 2 unspecified atom stereocenters. The lowest BCUT2D eigenvalue weighted by Gasteiger charge is -2.40. The first-order chi connectivity index (χ1) is 47.4. The van der Waals surface area contributed by atoms with E-state index in [4.69, 9.17) is 14.3 Å². The summed E-state index contributed by atoms with van der Waals surface area (Å²) in [5, 5.41) is 8.16. The number of alkyl halides is 11. The lowest BCUT2D eigenvalue weighted by Crippen LogP contribution is -2.53. The molecule has 2 atom stereocenters. The predicted octanol–water partition coefficient (Wildman–Crippen LogP) is 1.55. The Morgan fingerprint density at radius 3 is 1.24 bits per heavy atom. The molecule has 0 spiro atoms. The number of aryl methyl sites for hydroxylation is 5. The van der Waals surface area contributed by atoms with E-state index in [2.05, 4.69) is 29.1 Å². The van der Waals surface area contributed by atoms with E-state index in [1.165, 1.54) is 59.5 Å². The molecule has 0 amide bonds. The molecule has 2 saturated heterocycles. The monoisotopic (exact) mass is 1540 g/mol. The highest BCUT2D eigenvalue weighted by Gasteiger charge is 2.50. The second-order valence-electron chi connectivity index (χ2n) is 25.8. The van der Waals surface area contributed by atoms with Gasteiger partial charge in [0.1, 0.15) is 48.2 Å². The zero-order chi connectivity index (χ0) is 79.7. The number of piperidine rings is 1. The molecule has 2 aliphatic heterocycles. The Kier molecular flexibility index (Phi) is 28.8. The van der Waals surface area contributed by atoms with Crippen LogP contribution in [0.4, 0.5) is 52.7 Å². The van der Waals surface area contributed by atoms with Gasteiger partial charge in [-0.05, 0) is 84.5 Å². The van der Waals surface area contributed by atoms with E-state index in [1.807, 2.05) is 38.8 Å². The van der Waals surface area contributed by atoms with Gasteiger partial charge in [-0.15, -0.1) is 0 Å². The summed E-state index contributed by atoms with van der Waals surface area (Å²) in [7, 11) is -1.81. The fraction of sp³-hybridized carbons (Fsp3) is 0.638. The van der Waals surface area contributed by atoms with Gasteiger partial charge in [0.05, 0.1) is 52.0 Å². The molecule has 46 heteroatoms. The molecule has 8 rings (SSSR count). The Balaban J connectivity index is 0.000000287. The van der Waals surface area contributed by atoms with E-state index >= 15 is 0 Å². The van der Waals surface area contributed by atoms with Crippen molar-refractivity contribution < 1.29 is 79.6 Å². The standard InChI is InChI=1S/C22H27F3N4O3.C14H25F2N3O3Si.C9H10F5N3O5S.C8H11F2N3O3.C5H7N3O2/c1-14-26-20(30)29(21(31)27(14)2)13-22(24,25)12-28-16-7-8-17(28)10-18(9-16)32-11-15-5-3-4-6-19(15)23;1-10-17-11(20)19(12(21)18(10)5)8-14(15,16)9-22-23(6,7)13(2,3)4;1-5-15-6(18)17(7(19)16(5)2)3-8(10,11)4-22-23(20,21)9(12,13)14;1-5-11-6(15)13(7(16)12(5)2)3-8(9,10)4-14;1-3-6-4(9)7-5(10)8(3)2/h3-6,16-18H,7-13H2,1-2H3;8-9H2,1-7H3;3-4H2,1-2H3;14H,3-4H2,1-2H3;1-2H3,(H,7,9,10). The highest BCUT2D eigenvalue weighted by atomic mass is 32.2. The number of nitrogens with one attached hydrogen (secondary N) is 1. The third-order valence-electron chi connectivity index (χ3n) is 16.9. The van der Waals surface area contributed by atoms with Crippen molar-refractivity contribution in [1.29, 1.82) is 0 Å². The number of aliphatic hydroxyl groups excluding tert-OH is 1. The quantitative estimate of drug-likeness (QED) is 0.0474. The van der Waals surface area contributed by atoms with Crippen LogP contribution < -0.4 is 56.9 Å². The molecule has 2 fully saturated rings. The van der Waals surface area contributed by atoms with Crippen LogP contribution in [0.15, 0.2) is 72.2 Å². The second-order valence-corrected chi connectivity index (χ2v) is 32.2. The number of aromatic nitrogens is 15. The number of ether oxygens (including phenoxy) is 1. The van der Waals surface area contributed by atoms with Crippen LogP contribution in [0.2, 0.25) is 18.1 Å². The molecule has 1 aromatic carbocycles. The topological polar surface area (TPSA) is 381 Å². The zero-order valence-corrected chi connectivity index (χ0v) is 60.8. The Morgan fingerprint density at radius 2 is 0.885 bits per heavy atom. The number of hydrogen-bond acceptors (Lipinski definition) is 22. The molecular weight excluding hydrogens is 1460 g/mol. The van der Waals surface area contributed by atoms with Crippen molar-refractivity contribution in [1.82, 2.24) is 75.9 Å². The number of H-pyrrole nitrogens is 1. The van der Waals surface area contributed by atoms with Gasteiger partial charge in [0.2, 0.25) is 0 Å². The summed E-state index contributed by atoms with van der Waals surface area (Å²) >= 11 is 0. The number of aliphatic hydroxyl groups is 1. The molecule has 0 saturated carbocycles. The maximum atomic E-state index is 14.9. The van der Waals surface area contributed by atoms with Gasteiger partial charge in [-0.1, -0.05) is 39.0 Å². The van der Waals surface area contributed by atoms with E-state index in [0.29, 0.717) is 37.9 Å². The highest BCUT2D eigenvalue weighted by Crippen LogP contribution is 2.40. The molecule has 0 radical (unpaired) electrons. The molecule has 32 nitrogen and oxygen atoms in total. The Hall–Kier alpha value is -8.60. The summed E-state index contributed by atoms with van der Waals surface area (Å²) in [5.74, 6) is -13.9. The van der Waals surface area contributed by atoms with Crippen molar-refractivity contribution in [2.45, 2.75) is 179 Å². The summed E-state index contributed by atoms with van der Waals surface area (Å²) < 4.78 is 203. The number of nitrogens with zero attached hydrogens (tertiary/aromatic N) is 15. The summed E-state index contributed by atoms with van der Waals surface area (Å²) in [6.45, 7) is 7.00. The molecule has 582 valence electrons. The molecule has 0 aliphatic carbocycles. The highest BCUT2D eigenvalue weighted by molar-refractivity contribution is 7.87. The minimum absolute atomic E-state index is 0.0451. The molecule has 104 heavy (non-hydrogen) atoms. The van der Waals surface area contributed by atoms with Crippen LogP contribution in [0.25, 0.3) is 0 Å². The third kappa shape index (κ3) is 23.4. The lowest BCUT2D eigenvalue weighted by atomic mass is 9.99. The van der Waals surface area contributed by atoms with E-state index in [0.717, 1.165) is 38.2 Å². The first kappa shape index (κ1) is 87.8.